The fourth-order valence-electron chi connectivity index (χ4n) is 3.30. The van der Waals surface area contributed by atoms with Gasteiger partial charge in [0.15, 0.2) is 10.9 Å². The fourth-order valence-corrected chi connectivity index (χ4v) is 4.40. The first kappa shape index (κ1) is 20.0. The van der Waals surface area contributed by atoms with Gasteiger partial charge in [-0.15, -0.1) is 0 Å². The van der Waals surface area contributed by atoms with Gasteiger partial charge in [-0.3, -0.25) is 9.19 Å². The highest BCUT2D eigenvalue weighted by molar-refractivity contribution is 7.84. The number of H-pyrrole nitrogens is 1. The van der Waals surface area contributed by atoms with E-state index < -0.39 is 16.6 Å². The molecule has 0 bridgehead atoms. The minimum Gasteiger partial charge on any atom is -0.493 e. The summed E-state index contributed by atoms with van der Waals surface area (Å²) >= 11 is 0. The van der Waals surface area contributed by atoms with Gasteiger partial charge in [0.05, 0.1) is 52.6 Å². The van der Waals surface area contributed by atoms with Crippen molar-refractivity contribution in [2.24, 2.45) is 0 Å². The summed E-state index contributed by atoms with van der Waals surface area (Å²) in [7, 11) is -1.32. The Morgan fingerprint density at radius 1 is 1.31 bits per heavy atom. The van der Waals surface area contributed by atoms with Gasteiger partial charge in [-0.1, -0.05) is 12.1 Å². The van der Waals surface area contributed by atoms with Gasteiger partial charge < -0.3 is 19.2 Å². The van der Waals surface area contributed by atoms with Crippen LogP contribution in [0.2, 0.25) is 0 Å². The molecule has 3 heterocycles. The Hall–Kier alpha value is -2.29. The topological polar surface area (TPSA) is 86.3 Å². The van der Waals surface area contributed by atoms with Gasteiger partial charge in [0.25, 0.3) is 0 Å². The highest BCUT2D eigenvalue weighted by Gasteiger charge is 2.32. The lowest BCUT2D eigenvalue weighted by Gasteiger charge is -2.17. The van der Waals surface area contributed by atoms with Gasteiger partial charge in [0.1, 0.15) is 5.75 Å². The fraction of sp³-hybridized carbons (Fsp3) is 0.429. The number of ether oxygens (including phenoxy) is 3. The van der Waals surface area contributed by atoms with Crippen LogP contribution in [-0.2, 0) is 26.0 Å². The van der Waals surface area contributed by atoms with Crippen molar-refractivity contribution in [3.8, 4) is 5.75 Å². The molecule has 1 aromatic carbocycles. The molecule has 3 aromatic rings. The van der Waals surface area contributed by atoms with E-state index in [4.69, 9.17) is 14.2 Å². The summed E-state index contributed by atoms with van der Waals surface area (Å²) in [5.41, 5.74) is 3.31. The van der Waals surface area contributed by atoms with Crippen LogP contribution >= 0.6 is 0 Å². The van der Waals surface area contributed by atoms with Crippen LogP contribution < -0.4 is 4.74 Å². The highest BCUT2D eigenvalue weighted by Crippen LogP contribution is 2.26. The maximum Gasteiger partial charge on any atom is 0.197 e. The molecule has 1 N–H and O–H groups in total. The lowest BCUT2D eigenvalue weighted by Crippen LogP contribution is -2.22. The molecule has 1 fully saturated rings. The van der Waals surface area contributed by atoms with Crippen LogP contribution in [0.4, 0.5) is 0 Å². The number of imidazole rings is 1. The minimum absolute atomic E-state index is 0.0344. The van der Waals surface area contributed by atoms with E-state index in [0.29, 0.717) is 18.4 Å². The molecule has 2 aromatic heterocycles. The summed E-state index contributed by atoms with van der Waals surface area (Å²) in [5, 5.41) is 0.458. The average molecular weight is 416 g/mol. The largest absolute Gasteiger partial charge is 0.493 e. The molecule has 1 saturated heterocycles. The first-order chi connectivity index (χ1) is 13.9. The second-order valence-corrected chi connectivity index (χ2v) is 8.88. The molecular formula is C21H25N3O4S. The smallest absolute Gasteiger partial charge is 0.197 e. The number of hydrogen-bond acceptors (Lipinski definition) is 6. The molecule has 0 amide bonds. The number of benzene rings is 1. The maximum atomic E-state index is 12.8. The zero-order chi connectivity index (χ0) is 20.4. The Morgan fingerprint density at radius 2 is 2.14 bits per heavy atom. The van der Waals surface area contributed by atoms with Crippen molar-refractivity contribution in [3.05, 3.63) is 47.8 Å². The first-order valence-electron chi connectivity index (χ1n) is 9.63. The van der Waals surface area contributed by atoms with Gasteiger partial charge in [-0.05, 0) is 39.0 Å². The third kappa shape index (κ3) is 4.66. The predicted molar refractivity (Wildman–Crippen MR) is 110 cm³/mol. The van der Waals surface area contributed by atoms with Crippen LogP contribution in [0.3, 0.4) is 0 Å². The summed E-state index contributed by atoms with van der Waals surface area (Å²) in [5.74, 6) is 0.497. The Labute approximate surface area is 172 Å². The van der Waals surface area contributed by atoms with Crippen LogP contribution in [0.5, 0.6) is 5.75 Å². The molecule has 0 spiro atoms. The van der Waals surface area contributed by atoms with Crippen molar-refractivity contribution < 1.29 is 18.4 Å². The Bertz CT molecular complexity index is 1000. The van der Waals surface area contributed by atoms with Crippen molar-refractivity contribution in [2.75, 3.05) is 13.2 Å². The lowest BCUT2D eigenvalue weighted by atomic mass is 10.2. The monoisotopic (exact) mass is 415 g/mol. The highest BCUT2D eigenvalue weighted by atomic mass is 32.2. The predicted octanol–water partition coefficient (Wildman–Crippen LogP) is 3.49. The van der Waals surface area contributed by atoms with Gasteiger partial charge >= 0.3 is 0 Å². The Kier molecular flexibility index (Phi) is 5.67. The van der Waals surface area contributed by atoms with E-state index in [2.05, 4.69) is 15.0 Å². The van der Waals surface area contributed by atoms with Crippen LogP contribution in [0.1, 0.15) is 31.5 Å². The van der Waals surface area contributed by atoms with Gasteiger partial charge in [-0.25, -0.2) is 4.98 Å². The zero-order valence-electron chi connectivity index (χ0n) is 16.8. The van der Waals surface area contributed by atoms with E-state index in [1.54, 1.807) is 6.20 Å². The zero-order valence-corrected chi connectivity index (χ0v) is 17.6. The third-order valence-electron chi connectivity index (χ3n) is 4.87. The molecule has 1 aliphatic heterocycles. The normalized spacial score (nSPS) is 19.5. The number of hydrogen-bond donors (Lipinski definition) is 1. The summed E-state index contributed by atoms with van der Waals surface area (Å²) in [6, 6.07) is 9.47. The van der Waals surface area contributed by atoms with Crippen LogP contribution in [-0.4, -0.2) is 44.3 Å². The van der Waals surface area contributed by atoms with Crippen molar-refractivity contribution >= 4 is 21.8 Å². The molecule has 2 unspecified atom stereocenters. The molecule has 2 atom stereocenters. The molecule has 0 radical (unpaired) electrons. The van der Waals surface area contributed by atoms with Crippen molar-refractivity contribution in [2.45, 2.75) is 50.0 Å². The quantitative estimate of drug-likeness (QED) is 0.636. The molecule has 8 heteroatoms. The second kappa shape index (κ2) is 8.22. The first-order valence-corrected chi connectivity index (χ1v) is 11.0. The molecule has 1 aliphatic rings. The number of rotatable bonds is 7. The number of nitrogens with zero attached hydrogens (tertiary/aromatic N) is 2. The number of para-hydroxylation sites is 2. The van der Waals surface area contributed by atoms with Crippen molar-refractivity contribution in [3.63, 3.8) is 0 Å². The number of aromatic nitrogens is 3. The number of fused-ring (bicyclic) bond motifs is 1. The third-order valence-corrected chi connectivity index (χ3v) is 6.03. The average Bonchev–Trinajstić information content (AvgIpc) is 3.27. The van der Waals surface area contributed by atoms with Gasteiger partial charge in [0.2, 0.25) is 0 Å². The van der Waals surface area contributed by atoms with Crippen LogP contribution in [0, 0.1) is 6.92 Å². The van der Waals surface area contributed by atoms with Gasteiger partial charge in [0, 0.05) is 18.2 Å². The summed E-state index contributed by atoms with van der Waals surface area (Å²) < 4.78 is 30.1. The van der Waals surface area contributed by atoms with E-state index in [0.717, 1.165) is 34.5 Å². The molecule has 154 valence electrons. The van der Waals surface area contributed by atoms with E-state index in [-0.39, 0.29) is 11.9 Å². The molecule has 4 rings (SSSR count). The van der Waals surface area contributed by atoms with Crippen LogP contribution in [0.15, 0.2) is 41.7 Å². The SMILES string of the molecule is Cc1c(OCCC2COC(C)(C)O2)ccnc1CS(=O)c1nc2ccccc2[nH]1. The number of aromatic amines is 1. The molecule has 0 aliphatic carbocycles. The lowest BCUT2D eigenvalue weighted by molar-refractivity contribution is -0.139. The van der Waals surface area contributed by atoms with Gasteiger partial charge in [-0.2, -0.15) is 0 Å². The van der Waals surface area contributed by atoms with E-state index in [1.165, 1.54) is 0 Å². The van der Waals surface area contributed by atoms with Crippen molar-refractivity contribution in [1.29, 1.82) is 0 Å². The summed E-state index contributed by atoms with van der Waals surface area (Å²) in [6.45, 7) is 6.85. The molecule has 0 saturated carbocycles. The summed E-state index contributed by atoms with van der Waals surface area (Å²) in [6.07, 6.45) is 2.46. The van der Waals surface area contributed by atoms with Crippen LogP contribution in [0.25, 0.3) is 11.0 Å². The maximum absolute atomic E-state index is 12.8. The number of pyridine rings is 1. The molecule has 29 heavy (non-hydrogen) atoms. The Balaban J connectivity index is 1.39. The minimum atomic E-state index is -1.32. The van der Waals surface area contributed by atoms with E-state index >= 15 is 0 Å². The summed E-state index contributed by atoms with van der Waals surface area (Å²) in [4.78, 5) is 12.0. The van der Waals surface area contributed by atoms with Crippen molar-refractivity contribution in [1.82, 2.24) is 15.0 Å². The van der Waals surface area contributed by atoms with E-state index in [9.17, 15) is 4.21 Å². The van der Waals surface area contributed by atoms with E-state index in [1.807, 2.05) is 51.1 Å². The molecular weight excluding hydrogens is 390 g/mol. The Morgan fingerprint density at radius 3 is 2.90 bits per heavy atom. The molecule has 7 nitrogen and oxygen atoms in total. The number of nitrogens with one attached hydrogen (secondary N) is 1. The standard InChI is InChI=1S/C21H25N3O4S/c1-14-18(13-29(25)20-23-16-6-4-5-7-17(16)24-20)22-10-8-19(14)26-11-9-15-12-27-21(2,3)28-15/h4-8,10,15H,9,11-13H2,1-3H3,(H,23,24). The second-order valence-electron chi connectivity index (χ2n) is 7.52.